The van der Waals surface area contributed by atoms with Crippen LogP contribution in [0.15, 0.2) is 91.5 Å². The Hall–Kier alpha value is -2.39. The third-order valence-corrected chi connectivity index (χ3v) is 7.67. The number of allylic oxidation sites excluding steroid dienone is 2. The van der Waals surface area contributed by atoms with E-state index < -0.39 is 9.52 Å². The second-order valence-electron chi connectivity index (χ2n) is 6.68. The molecule has 1 aromatic heterocycles. The maximum atomic E-state index is 4.38. The number of benzene rings is 2. The molecule has 0 radical (unpaired) electrons. The van der Waals surface area contributed by atoms with Crippen LogP contribution in [0.4, 0.5) is 0 Å². The third kappa shape index (κ3) is 3.66. The van der Waals surface area contributed by atoms with Gasteiger partial charge in [-0.05, 0) is 30.0 Å². The van der Waals surface area contributed by atoms with E-state index in [1.807, 2.05) is 12.5 Å². The van der Waals surface area contributed by atoms with Gasteiger partial charge in [-0.1, -0.05) is 79.7 Å². The highest BCUT2D eigenvalue weighted by Gasteiger charge is 2.37. The first-order valence-corrected chi connectivity index (χ1v) is 10.5. The van der Waals surface area contributed by atoms with E-state index in [2.05, 4.69) is 102 Å². The molecule has 0 fully saturated rings. The maximum absolute atomic E-state index is 4.38. The van der Waals surface area contributed by atoms with Crippen molar-refractivity contribution < 1.29 is 0 Å². The predicted molar refractivity (Wildman–Crippen MR) is 109 cm³/mol. The van der Waals surface area contributed by atoms with Crippen molar-refractivity contribution in [1.29, 1.82) is 0 Å². The van der Waals surface area contributed by atoms with Crippen molar-refractivity contribution >= 4 is 9.52 Å². The smallest absolute Gasteiger partial charge is 0.0953 e. The molecule has 0 amide bonds. The Balaban J connectivity index is 2.17. The third-order valence-electron chi connectivity index (χ3n) is 4.87. The van der Waals surface area contributed by atoms with Crippen molar-refractivity contribution in [3.8, 4) is 0 Å². The summed E-state index contributed by atoms with van der Waals surface area (Å²) < 4.78 is 2.33. The normalized spacial score (nSPS) is 13.7. The van der Waals surface area contributed by atoms with Gasteiger partial charge in [0, 0.05) is 12.4 Å². The molecule has 3 heteroatoms. The second kappa shape index (κ2) is 8.12. The van der Waals surface area contributed by atoms with Crippen LogP contribution in [-0.2, 0) is 5.16 Å². The standard InChI is InChI=1S/C22H26N2Si/c1-3-4-11-19(2)25-22(24-17-16-23-18-24,20-12-7-5-8-13-20)21-14-9-6-10-15-21/h3-10,12-19H,11,25H2,1-2H3. The van der Waals surface area contributed by atoms with Crippen LogP contribution in [-0.4, -0.2) is 19.1 Å². The zero-order valence-corrected chi connectivity index (χ0v) is 16.5. The van der Waals surface area contributed by atoms with Crippen LogP contribution < -0.4 is 0 Å². The van der Waals surface area contributed by atoms with Crippen molar-refractivity contribution in [2.75, 3.05) is 0 Å². The molecule has 2 nitrogen and oxygen atoms in total. The molecule has 0 saturated heterocycles. The molecule has 1 atom stereocenters. The monoisotopic (exact) mass is 346 g/mol. The molecule has 0 spiro atoms. The Kier molecular flexibility index (Phi) is 5.66. The van der Waals surface area contributed by atoms with Crippen molar-refractivity contribution in [1.82, 2.24) is 9.55 Å². The Morgan fingerprint density at radius 1 is 1.04 bits per heavy atom. The van der Waals surface area contributed by atoms with Gasteiger partial charge in [0.15, 0.2) is 0 Å². The van der Waals surface area contributed by atoms with E-state index >= 15 is 0 Å². The SMILES string of the molecule is CC=CCC(C)[SiH2]C(c1ccccc1)(c1ccccc1)n1ccnc1. The lowest BCUT2D eigenvalue weighted by molar-refractivity contribution is 0.582. The molecule has 1 heterocycles. The van der Waals surface area contributed by atoms with Gasteiger partial charge in [-0.15, -0.1) is 0 Å². The number of rotatable bonds is 7. The van der Waals surface area contributed by atoms with Crippen molar-refractivity contribution in [2.24, 2.45) is 0 Å². The Bertz CT molecular complexity index is 740. The van der Waals surface area contributed by atoms with Crippen molar-refractivity contribution in [2.45, 2.75) is 31.0 Å². The Morgan fingerprint density at radius 3 is 2.12 bits per heavy atom. The van der Waals surface area contributed by atoms with Crippen LogP contribution in [0, 0.1) is 0 Å². The van der Waals surface area contributed by atoms with E-state index in [1.54, 1.807) is 0 Å². The number of hydrogen-bond acceptors (Lipinski definition) is 1. The van der Waals surface area contributed by atoms with Gasteiger partial charge < -0.3 is 4.57 Å². The molecule has 1 unspecified atom stereocenters. The van der Waals surface area contributed by atoms with Gasteiger partial charge in [0.2, 0.25) is 0 Å². The van der Waals surface area contributed by atoms with Gasteiger partial charge in [0.05, 0.1) is 21.0 Å². The molecule has 0 N–H and O–H groups in total. The van der Waals surface area contributed by atoms with Gasteiger partial charge in [0.1, 0.15) is 0 Å². The fraction of sp³-hybridized carbons (Fsp3) is 0.227. The van der Waals surface area contributed by atoms with Crippen molar-refractivity contribution in [3.05, 3.63) is 103 Å². The molecule has 0 bridgehead atoms. The molecule has 2 aromatic carbocycles. The topological polar surface area (TPSA) is 17.8 Å². The van der Waals surface area contributed by atoms with Gasteiger partial charge in [0.25, 0.3) is 0 Å². The highest BCUT2D eigenvalue weighted by molar-refractivity contribution is 6.43. The summed E-state index contributed by atoms with van der Waals surface area (Å²) in [6.07, 6.45) is 11.6. The second-order valence-corrected chi connectivity index (χ2v) is 9.50. The fourth-order valence-corrected chi connectivity index (χ4v) is 6.38. The zero-order chi connectivity index (χ0) is 17.5. The van der Waals surface area contributed by atoms with Crippen molar-refractivity contribution in [3.63, 3.8) is 0 Å². The summed E-state index contributed by atoms with van der Waals surface area (Å²) in [5, 5.41) is -0.111. The molecule has 128 valence electrons. The number of imidazole rings is 1. The van der Waals surface area contributed by atoms with E-state index in [9.17, 15) is 0 Å². The van der Waals surface area contributed by atoms with E-state index in [-0.39, 0.29) is 5.16 Å². The predicted octanol–water partition coefficient (Wildman–Crippen LogP) is 4.58. The Morgan fingerprint density at radius 2 is 1.64 bits per heavy atom. The lowest BCUT2D eigenvalue weighted by atomic mass is 9.97. The summed E-state index contributed by atoms with van der Waals surface area (Å²) in [7, 11) is -0.571. The van der Waals surface area contributed by atoms with Crippen LogP contribution in [0.1, 0.15) is 31.4 Å². The summed E-state index contributed by atoms with van der Waals surface area (Å²) in [6.45, 7) is 4.50. The minimum absolute atomic E-state index is 0.111. The van der Waals surface area contributed by atoms with E-state index in [4.69, 9.17) is 0 Å². The summed E-state index contributed by atoms with van der Waals surface area (Å²) in [5.41, 5.74) is 3.40. The quantitative estimate of drug-likeness (QED) is 0.452. The zero-order valence-electron chi connectivity index (χ0n) is 15.0. The average Bonchev–Trinajstić information content (AvgIpc) is 3.21. The molecule has 25 heavy (non-hydrogen) atoms. The minimum atomic E-state index is -0.571. The van der Waals surface area contributed by atoms with Crippen LogP contribution in [0.25, 0.3) is 0 Å². The highest BCUT2D eigenvalue weighted by Crippen LogP contribution is 2.36. The summed E-state index contributed by atoms with van der Waals surface area (Å²) >= 11 is 0. The molecular formula is C22H26N2Si. The Labute approximate surface area is 153 Å². The molecular weight excluding hydrogens is 320 g/mol. The number of nitrogens with zero attached hydrogens (tertiary/aromatic N) is 2. The van der Waals surface area contributed by atoms with Crippen LogP contribution in [0.5, 0.6) is 0 Å². The molecule has 3 rings (SSSR count). The van der Waals surface area contributed by atoms with E-state index in [1.165, 1.54) is 11.1 Å². The lowest BCUT2D eigenvalue weighted by Crippen LogP contribution is -2.43. The first-order chi connectivity index (χ1) is 12.3. The van der Waals surface area contributed by atoms with E-state index in [0.717, 1.165) is 6.42 Å². The molecule has 0 aliphatic rings. The average molecular weight is 347 g/mol. The fourth-order valence-electron chi connectivity index (χ4n) is 3.67. The minimum Gasteiger partial charge on any atom is -0.327 e. The summed E-state index contributed by atoms with van der Waals surface area (Å²) in [5.74, 6) is 0. The first-order valence-electron chi connectivity index (χ1n) is 8.98. The maximum Gasteiger partial charge on any atom is 0.0953 e. The summed E-state index contributed by atoms with van der Waals surface area (Å²) in [4.78, 5) is 4.38. The van der Waals surface area contributed by atoms with Gasteiger partial charge in [-0.25, -0.2) is 4.98 Å². The lowest BCUT2D eigenvalue weighted by Gasteiger charge is -2.38. The highest BCUT2D eigenvalue weighted by atomic mass is 28.2. The summed E-state index contributed by atoms with van der Waals surface area (Å²) in [6, 6.07) is 21.8. The van der Waals surface area contributed by atoms with Crippen LogP contribution in [0.3, 0.4) is 0 Å². The molecule has 0 aliphatic carbocycles. The molecule has 0 saturated carbocycles. The number of hydrogen-bond donors (Lipinski definition) is 0. The number of aromatic nitrogens is 2. The largest absolute Gasteiger partial charge is 0.327 e. The molecule has 0 aliphatic heterocycles. The van der Waals surface area contributed by atoms with E-state index in [0.29, 0.717) is 5.54 Å². The molecule has 3 aromatic rings. The van der Waals surface area contributed by atoms with Crippen LogP contribution in [0.2, 0.25) is 5.54 Å². The van der Waals surface area contributed by atoms with Crippen LogP contribution >= 0.6 is 0 Å². The van der Waals surface area contributed by atoms with Gasteiger partial charge in [-0.3, -0.25) is 0 Å². The first kappa shape index (κ1) is 17.4. The van der Waals surface area contributed by atoms with Gasteiger partial charge in [-0.2, -0.15) is 0 Å². The van der Waals surface area contributed by atoms with Gasteiger partial charge >= 0.3 is 0 Å².